The first kappa shape index (κ1) is 16.1. The van der Waals surface area contributed by atoms with E-state index in [1.807, 2.05) is 10.9 Å². The van der Waals surface area contributed by atoms with Crippen molar-refractivity contribution < 1.29 is 4.79 Å². The molecule has 1 atom stereocenters. The zero-order valence-corrected chi connectivity index (χ0v) is 14.4. The molecule has 3 heterocycles. The summed E-state index contributed by atoms with van der Waals surface area (Å²) in [5.41, 5.74) is 6.96. The smallest absolute Gasteiger partial charge is 0.252 e. The summed E-state index contributed by atoms with van der Waals surface area (Å²) in [7, 11) is 0. The molecule has 2 aromatic rings. The summed E-state index contributed by atoms with van der Waals surface area (Å²) in [4.78, 5) is 17.2. The van der Waals surface area contributed by atoms with E-state index < -0.39 is 0 Å². The number of fused-ring (bicyclic) bond motifs is 1. The zero-order chi connectivity index (χ0) is 16.4. The molecule has 0 radical (unpaired) electrons. The first-order valence-corrected chi connectivity index (χ1v) is 8.86. The molecule has 0 aromatic carbocycles. The minimum Gasteiger partial charge on any atom is -0.365 e. The number of nitrogens with two attached hydrogens (primary N) is 1. The molecule has 2 aromatic heterocycles. The number of amides is 1. The van der Waals surface area contributed by atoms with Gasteiger partial charge < -0.3 is 11.1 Å². The van der Waals surface area contributed by atoms with Crippen molar-refractivity contribution in [1.82, 2.24) is 20.1 Å². The Morgan fingerprint density at radius 2 is 2.35 bits per heavy atom. The van der Waals surface area contributed by atoms with Gasteiger partial charge in [0.25, 0.3) is 5.91 Å². The number of thiazole rings is 1. The molecular weight excluding hydrogens is 310 g/mol. The molecule has 1 aliphatic heterocycles. The van der Waals surface area contributed by atoms with E-state index >= 15 is 0 Å². The van der Waals surface area contributed by atoms with Gasteiger partial charge in [0.05, 0.1) is 17.5 Å². The number of nitrogens with zero attached hydrogens (tertiary/aromatic N) is 3. The van der Waals surface area contributed by atoms with Crippen LogP contribution in [0.25, 0.3) is 0 Å². The quantitative estimate of drug-likeness (QED) is 0.845. The molecule has 0 unspecified atom stereocenters. The van der Waals surface area contributed by atoms with Gasteiger partial charge in [0, 0.05) is 24.2 Å². The van der Waals surface area contributed by atoms with Crippen LogP contribution in [0, 0.1) is 5.92 Å². The minimum atomic E-state index is -0.385. The lowest BCUT2D eigenvalue weighted by molar-refractivity contribution is 0.0998. The van der Waals surface area contributed by atoms with Gasteiger partial charge >= 0.3 is 0 Å². The molecule has 1 amide bonds. The Kier molecular flexibility index (Phi) is 4.77. The van der Waals surface area contributed by atoms with E-state index in [2.05, 4.69) is 29.2 Å². The molecule has 1 aliphatic rings. The highest BCUT2D eigenvalue weighted by Gasteiger charge is 2.24. The van der Waals surface area contributed by atoms with Gasteiger partial charge in [-0.15, -0.1) is 11.3 Å². The molecule has 0 saturated heterocycles. The predicted octanol–water partition coefficient (Wildman–Crippen LogP) is 1.91. The number of carbonyl (C=O) groups is 1. The van der Waals surface area contributed by atoms with E-state index in [1.165, 1.54) is 4.88 Å². The maximum atomic E-state index is 11.4. The Morgan fingerprint density at radius 3 is 3.04 bits per heavy atom. The summed E-state index contributed by atoms with van der Waals surface area (Å²) < 4.78 is 1.91. The van der Waals surface area contributed by atoms with Gasteiger partial charge in [-0.3, -0.25) is 9.48 Å². The molecule has 3 N–H and O–H groups in total. The molecule has 0 spiro atoms. The summed E-state index contributed by atoms with van der Waals surface area (Å²) in [6.45, 7) is 6.94. The molecule has 0 bridgehead atoms. The number of nitrogens with one attached hydrogen (secondary N) is 1. The van der Waals surface area contributed by atoms with Gasteiger partial charge in [-0.1, -0.05) is 13.8 Å². The van der Waals surface area contributed by atoms with Gasteiger partial charge in [0.2, 0.25) is 0 Å². The second-order valence-corrected chi connectivity index (χ2v) is 7.54. The number of aromatic nitrogens is 3. The zero-order valence-electron chi connectivity index (χ0n) is 13.6. The summed E-state index contributed by atoms with van der Waals surface area (Å²) in [6, 6.07) is 0. The number of rotatable bonds is 6. The van der Waals surface area contributed by atoms with Gasteiger partial charge in [0.1, 0.15) is 5.01 Å². The maximum Gasteiger partial charge on any atom is 0.252 e. The fourth-order valence-electron chi connectivity index (χ4n) is 2.94. The normalized spacial score (nSPS) is 17.4. The average Bonchev–Trinajstić information content (AvgIpc) is 3.13. The fraction of sp³-hybridized carbons (Fsp3) is 0.562. The van der Waals surface area contributed by atoms with Crippen LogP contribution >= 0.6 is 11.3 Å². The molecule has 23 heavy (non-hydrogen) atoms. The van der Waals surface area contributed by atoms with E-state index in [4.69, 9.17) is 5.73 Å². The first-order chi connectivity index (χ1) is 11.0. The van der Waals surface area contributed by atoms with Gasteiger partial charge in [-0.25, -0.2) is 4.98 Å². The van der Waals surface area contributed by atoms with Gasteiger partial charge in [0.15, 0.2) is 0 Å². The third-order valence-corrected chi connectivity index (χ3v) is 5.59. The van der Waals surface area contributed by atoms with E-state index in [0.29, 0.717) is 17.4 Å². The highest BCUT2D eigenvalue weighted by Crippen LogP contribution is 2.23. The number of aryl methyl sites for hydroxylation is 1. The van der Waals surface area contributed by atoms with E-state index in [0.717, 1.165) is 43.2 Å². The van der Waals surface area contributed by atoms with E-state index in [1.54, 1.807) is 17.5 Å². The lowest BCUT2D eigenvalue weighted by atomic mass is 9.94. The molecule has 0 fully saturated rings. The van der Waals surface area contributed by atoms with Crippen molar-refractivity contribution >= 4 is 17.2 Å². The number of hydrogen-bond acceptors (Lipinski definition) is 5. The van der Waals surface area contributed by atoms with E-state index in [-0.39, 0.29) is 5.91 Å². The molecule has 7 heteroatoms. The number of carbonyl (C=O) groups excluding carboxylic acids is 1. The van der Waals surface area contributed by atoms with Crippen LogP contribution in [0.3, 0.4) is 0 Å². The largest absolute Gasteiger partial charge is 0.365 e. The Balaban J connectivity index is 1.53. The van der Waals surface area contributed by atoms with Crippen molar-refractivity contribution in [1.29, 1.82) is 0 Å². The Hall–Kier alpha value is -1.73. The lowest BCUT2D eigenvalue weighted by Crippen LogP contribution is -2.30. The monoisotopic (exact) mass is 333 g/mol. The average molecular weight is 333 g/mol. The van der Waals surface area contributed by atoms with Crippen molar-refractivity contribution in [2.24, 2.45) is 11.7 Å². The highest BCUT2D eigenvalue weighted by molar-refractivity contribution is 7.11. The van der Waals surface area contributed by atoms with Crippen molar-refractivity contribution in [2.75, 3.05) is 6.54 Å². The molecule has 6 nitrogen and oxygen atoms in total. The Labute approximate surface area is 140 Å². The van der Waals surface area contributed by atoms with Gasteiger partial charge in [-0.2, -0.15) is 5.10 Å². The summed E-state index contributed by atoms with van der Waals surface area (Å²) in [5, 5.41) is 8.88. The summed E-state index contributed by atoms with van der Waals surface area (Å²) in [5.74, 6) is 0.651. The standard InChI is InChI=1S/C16H23N5OS/c1-10(2)14-8-19-15(23-14)9-18-6-11-3-4-21-13(5-11)12(7-20-21)16(17)22/h7-8,10-11,18H,3-6,9H2,1-2H3,(H2,17,22)/t11-/m1/s1. The predicted molar refractivity (Wildman–Crippen MR) is 90.5 cm³/mol. The van der Waals surface area contributed by atoms with Crippen molar-refractivity contribution in [3.8, 4) is 0 Å². The van der Waals surface area contributed by atoms with Crippen molar-refractivity contribution in [3.63, 3.8) is 0 Å². The molecule has 0 saturated carbocycles. The fourth-order valence-corrected chi connectivity index (χ4v) is 3.83. The summed E-state index contributed by atoms with van der Waals surface area (Å²) in [6.07, 6.45) is 5.48. The van der Waals surface area contributed by atoms with Crippen molar-refractivity contribution in [3.05, 3.63) is 33.5 Å². The Bertz CT molecular complexity index is 690. The third kappa shape index (κ3) is 3.61. The SMILES string of the molecule is CC(C)c1cnc(CNC[C@@H]2CCn3ncc(C(N)=O)c3C2)s1. The molecule has 124 valence electrons. The second kappa shape index (κ2) is 6.80. The Morgan fingerprint density at radius 1 is 1.52 bits per heavy atom. The first-order valence-electron chi connectivity index (χ1n) is 8.04. The minimum absolute atomic E-state index is 0.385. The van der Waals surface area contributed by atoms with Crippen LogP contribution < -0.4 is 11.1 Å². The molecule has 0 aliphatic carbocycles. The molecule has 3 rings (SSSR count). The second-order valence-electron chi connectivity index (χ2n) is 6.39. The van der Waals surface area contributed by atoms with Crippen LogP contribution in [0.2, 0.25) is 0 Å². The van der Waals surface area contributed by atoms with Crippen LogP contribution in [0.4, 0.5) is 0 Å². The van der Waals surface area contributed by atoms with E-state index in [9.17, 15) is 4.79 Å². The third-order valence-electron chi connectivity index (χ3n) is 4.30. The van der Waals surface area contributed by atoms with Crippen molar-refractivity contribution in [2.45, 2.75) is 45.7 Å². The lowest BCUT2D eigenvalue weighted by Gasteiger charge is -2.24. The summed E-state index contributed by atoms with van der Waals surface area (Å²) >= 11 is 1.77. The van der Waals surface area contributed by atoms with Gasteiger partial charge in [-0.05, 0) is 31.2 Å². The number of primary amides is 1. The topological polar surface area (TPSA) is 85.8 Å². The van der Waals surface area contributed by atoms with Crippen LogP contribution in [-0.2, 0) is 19.5 Å². The maximum absolute atomic E-state index is 11.4. The van der Waals surface area contributed by atoms with Crippen LogP contribution in [0.1, 0.15) is 52.1 Å². The van der Waals surface area contributed by atoms with Crippen LogP contribution in [0.15, 0.2) is 12.4 Å². The number of hydrogen-bond donors (Lipinski definition) is 2. The highest BCUT2D eigenvalue weighted by atomic mass is 32.1. The molecular formula is C16H23N5OS. The van der Waals surface area contributed by atoms with Crippen LogP contribution in [0.5, 0.6) is 0 Å². The van der Waals surface area contributed by atoms with Crippen LogP contribution in [-0.4, -0.2) is 27.2 Å².